The highest BCUT2D eigenvalue weighted by Crippen LogP contribution is 2.28. The fourth-order valence-corrected chi connectivity index (χ4v) is 4.40. The third-order valence-electron chi connectivity index (χ3n) is 6.05. The zero-order valence-electron chi connectivity index (χ0n) is 17.1. The van der Waals surface area contributed by atoms with Gasteiger partial charge in [0, 0.05) is 23.9 Å². The lowest BCUT2D eigenvalue weighted by Gasteiger charge is -2.28. The van der Waals surface area contributed by atoms with Crippen LogP contribution in [0, 0.1) is 13.8 Å². The number of nitrogens with zero attached hydrogens (tertiary/aromatic N) is 4. The highest BCUT2D eigenvalue weighted by molar-refractivity contribution is 5.84. The van der Waals surface area contributed by atoms with Gasteiger partial charge in [-0.1, -0.05) is 6.07 Å². The van der Waals surface area contributed by atoms with Gasteiger partial charge in [-0.3, -0.25) is 9.78 Å². The Labute approximate surface area is 169 Å². The molecule has 1 saturated heterocycles. The summed E-state index contributed by atoms with van der Waals surface area (Å²) in [5, 5.41) is 0.639. The Morgan fingerprint density at radius 3 is 2.62 bits per heavy atom. The molecule has 4 aromatic rings. The van der Waals surface area contributed by atoms with Crippen LogP contribution in [-0.2, 0) is 0 Å². The number of aromatic amines is 1. The van der Waals surface area contributed by atoms with E-state index in [0.717, 1.165) is 65.3 Å². The molecule has 1 fully saturated rings. The van der Waals surface area contributed by atoms with Crippen molar-refractivity contribution in [3.8, 4) is 11.1 Å². The van der Waals surface area contributed by atoms with Gasteiger partial charge in [0.05, 0.1) is 27.8 Å². The van der Waals surface area contributed by atoms with Gasteiger partial charge in [0.15, 0.2) is 0 Å². The standard InChI is InChI=1S/C23H25N5O/c1-14-12-28-13-18(11-21(28)15(2)24-14)17-4-5-20-19(10-17)23(29)26-22(25-20)16-6-8-27(3)9-7-16/h4-5,10-13,16H,6-9H2,1-3H3,(H,25,26,29). The van der Waals surface area contributed by atoms with E-state index in [-0.39, 0.29) is 5.56 Å². The first-order valence-corrected chi connectivity index (χ1v) is 10.2. The second-order valence-electron chi connectivity index (χ2n) is 8.25. The molecule has 0 radical (unpaired) electrons. The van der Waals surface area contributed by atoms with Crippen molar-refractivity contribution < 1.29 is 0 Å². The molecule has 148 valence electrons. The summed E-state index contributed by atoms with van der Waals surface area (Å²) in [6, 6.07) is 8.09. The Morgan fingerprint density at radius 1 is 1.03 bits per heavy atom. The zero-order chi connectivity index (χ0) is 20.1. The normalized spacial score (nSPS) is 16.1. The molecule has 1 aromatic carbocycles. The third-order valence-corrected chi connectivity index (χ3v) is 6.05. The first kappa shape index (κ1) is 18.1. The van der Waals surface area contributed by atoms with Gasteiger partial charge in [-0.05, 0) is 70.6 Å². The first-order chi connectivity index (χ1) is 14.0. The van der Waals surface area contributed by atoms with Gasteiger partial charge < -0.3 is 14.3 Å². The topological polar surface area (TPSA) is 66.3 Å². The quantitative estimate of drug-likeness (QED) is 0.570. The molecule has 6 nitrogen and oxygen atoms in total. The van der Waals surface area contributed by atoms with Gasteiger partial charge in [-0.2, -0.15) is 0 Å². The minimum absolute atomic E-state index is 0.0526. The van der Waals surface area contributed by atoms with Crippen LogP contribution >= 0.6 is 0 Å². The Morgan fingerprint density at radius 2 is 1.83 bits per heavy atom. The van der Waals surface area contributed by atoms with Crippen LogP contribution in [-0.4, -0.2) is 44.4 Å². The van der Waals surface area contributed by atoms with Crippen LogP contribution < -0.4 is 5.56 Å². The second-order valence-corrected chi connectivity index (χ2v) is 8.25. The van der Waals surface area contributed by atoms with E-state index < -0.39 is 0 Å². The van der Waals surface area contributed by atoms with E-state index in [1.54, 1.807) is 0 Å². The van der Waals surface area contributed by atoms with Crippen LogP contribution in [0.15, 0.2) is 41.5 Å². The molecule has 0 bridgehead atoms. The van der Waals surface area contributed by atoms with E-state index >= 15 is 0 Å². The summed E-state index contributed by atoms with van der Waals surface area (Å²) in [5.74, 6) is 1.16. The van der Waals surface area contributed by atoms with Crippen LogP contribution in [0.1, 0.15) is 36.0 Å². The summed E-state index contributed by atoms with van der Waals surface area (Å²) in [7, 11) is 2.14. The van der Waals surface area contributed by atoms with Crippen LogP contribution in [0.3, 0.4) is 0 Å². The van der Waals surface area contributed by atoms with Crippen molar-refractivity contribution in [3.05, 3.63) is 64.2 Å². The van der Waals surface area contributed by atoms with Crippen molar-refractivity contribution in [1.82, 2.24) is 24.3 Å². The largest absolute Gasteiger partial charge is 0.320 e. The van der Waals surface area contributed by atoms with Crippen molar-refractivity contribution >= 4 is 16.4 Å². The Hall–Kier alpha value is -2.99. The molecule has 0 saturated carbocycles. The lowest BCUT2D eigenvalue weighted by atomic mass is 9.96. The molecule has 0 unspecified atom stereocenters. The predicted octanol–water partition coefficient (Wildman–Crippen LogP) is 3.66. The number of hydrogen-bond acceptors (Lipinski definition) is 4. The summed E-state index contributed by atoms with van der Waals surface area (Å²) in [6.45, 7) is 6.10. The minimum atomic E-state index is -0.0526. The molecule has 4 heterocycles. The number of nitrogens with one attached hydrogen (secondary N) is 1. The smallest absolute Gasteiger partial charge is 0.258 e. The fourth-order valence-electron chi connectivity index (χ4n) is 4.40. The lowest BCUT2D eigenvalue weighted by molar-refractivity contribution is 0.251. The molecule has 6 heteroatoms. The summed E-state index contributed by atoms with van der Waals surface area (Å²) in [4.78, 5) is 27.6. The number of piperidine rings is 1. The van der Waals surface area contributed by atoms with Crippen molar-refractivity contribution in [2.24, 2.45) is 0 Å². The maximum Gasteiger partial charge on any atom is 0.258 e. The Bertz CT molecular complexity index is 1280. The number of aryl methyl sites for hydroxylation is 2. The van der Waals surface area contributed by atoms with Crippen molar-refractivity contribution in [2.75, 3.05) is 20.1 Å². The number of likely N-dealkylation sites (tertiary alicyclic amines) is 1. The van der Waals surface area contributed by atoms with Crippen molar-refractivity contribution in [2.45, 2.75) is 32.6 Å². The van der Waals surface area contributed by atoms with Crippen LogP contribution in [0.2, 0.25) is 0 Å². The summed E-state index contributed by atoms with van der Waals surface area (Å²) in [6.07, 6.45) is 6.18. The molecular formula is C23H25N5O. The average Bonchev–Trinajstić information content (AvgIpc) is 3.12. The fraction of sp³-hybridized carbons (Fsp3) is 0.348. The van der Waals surface area contributed by atoms with Gasteiger partial charge >= 0.3 is 0 Å². The Balaban J connectivity index is 1.56. The lowest BCUT2D eigenvalue weighted by Crippen LogP contribution is -2.30. The number of fused-ring (bicyclic) bond motifs is 2. The number of H-pyrrole nitrogens is 1. The monoisotopic (exact) mass is 387 g/mol. The third kappa shape index (κ3) is 3.23. The number of aromatic nitrogens is 4. The van der Waals surface area contributed by atoms with Crippen molar-refractivity contribution in [3.63, 3.8) is 0 Å². The van der Waals surface area contributed by atoms with Gasteiger partial charge in [0.2, 0.25) is 0 Å². The van der Waals surface area contributed by atoms with Gasteiger partial charge in [0.1, 0.15) is 5.82 Å². The second kappa shape index (κ2) is 6.81. The zero-order valence-corrected chi connectivity index (χ0v) is 17.1. The molecule has 0 spiro atoms. The molecule has 1 aliphatic heterocycles. The van der Waals surface area contributed by atoms with Gasteiger partial charge in [-0.25, -0.2) is 4.98 Å². The SMILES string of the molecule is Cc1cn2cc(-c3ccc4nc(C5CCN(C)CC5)[nH]c(=O)c4c3)cc2c(C)n1. The highest BCUT2D eigenvalue weighted by atomic mass is 16.1. The van der Waals surface area contributed by atoms with E-state index in [1.165, 1.54) is 0 Å². The molecule has 5 rings (SSSR count). The van der Waals surface area contributed by atoms with Gasteiger partial charge in [-0.15, -0.1) is 0 Å². The maximum absolute atomic E-state index is 12.8. The number of rotatable bonds is 2. The summed E-state index contributed by atoms with van der Waals surface area (Å²) < 4.78 is 2.10. The predicted molar refractivity (Wildman–Crippen MR) is 115 cm³/mol. The highest BCUT2D eigenvalue weighted by Gasteiger charge is 2.21. The summed E-state index contributed by atoms with van der Waals surface area (Å²) in [5.41, 5.74) is 5.86. The van der Waals surface area contributed by atoms with E-state index in [9.17, 15) is 4.79 Å². The molecule has 1 aliphatic rings. The molecule has 0 aliphatic carbocycles. The average molecular weight is 387 g/mol. The van der Waals surface area contributed by atoms with Crippen molar-refractivity contribution in [1.29, 1.82) is 0 Å². The number of hydrogen-bond donors (Lipinski definition) is 1. The molecule has 29 heavy (non-hydrogen) atoms. The molecule has 0 atom stereocenters. The molecule has 1 N–H and O–H groups in total. The van der Waals surface area contributed by atoms with Crippen LogP contribution in [0.5, 0.6) is 0 Å². The minimum Gasteiger partial charge on any atom is -0.320 e. The Kier molecular flexibility index (Phi) is 4.24. The summed E-state index contributed by atoms with van der Waals surface area (Å²) >= 11 is 0. The molecule has 3 aromatic heterocycles. The van der Waals surface area contributed by atoms with Gasteiger partial charge in [0.25, 0.3) is 5.56 Å². The molecular weight excluding hydrogens is 362 g/mol. The van der Waals surface area contributed by atoms with E-state index in [4.69, 9.17) is 4.98 Å². The van der Waals surface area contributed by atoms with E-state index in [2.05, 4.69) is 44.6 Å². The maximum atomic E-state index is 12.8. The van der Waals surface area contributed by atoms with Crippen LogP contribution in [0.4, 0.5) is 0 Å². The first-order valence-electron chi connectivity index (χ1n) is 10.2. The van der Waals surface area contributed by atoms with E-state index in [0.29, 0.717) is 11.3 Å². The van der Waals surface area contributed by atoms with E-state index in [1.807, 2.05) is 32.2 Å². The molecule has 0 amide bonds. The number of benzene rings is 1. The van der Waals surface area contributed by atoms with Crippen LogP contribution in [0.25, 0.3) is 27.5 Å².